The molecule has 0 unspecified atom stereocenters. The van der Waals surface area contributed by atoms with Gasteiger partial charge in [-0.15, -0.1) is 0 Å². The van der Waals surface area contributed by atoms with Crippen LogP contribution in [0.25, 0.3) is 0 Å². The van der Waals surface area contributed by atoms with Crippen LogP contribution in [0.4, 0.5) is 0 Å². The minimum absolute atomic E-state index is 0.0190. The van der Waals surface area contributed by atoms with E-state index in [0.717, 1.165) is 0 Å². The summed E-state index contributed by atoms with van der Waals surface area (Å²) in [5.41, 5.74) is 6.63. The van der Waals surface area contributed by atoms with Gasteiger partial charge < -0.3 is 19.7 Å². The van der Waals surface area contributed by atoms with E-state index in [1.54, 1.807) is 0 Å². The molecular weight excluding hydrogens is 646 g/mol. The SMILES string of the molecule is Cc1c(C)c(CC(C)(C)COC(=O)c2cc(Cl)c(O)c(Cl)c2)c(C)c(C)c1CC(C)(C)COC(=O)c1cc(Cl)c(O)c(Cl)c1. The number of phenols is 2. The van der Waals surface area contributed by atoms with Crippen LogP contribution in [-0.2, 0) is 22.3 Å². The molecule has 0 spiro atoms. The van der Waals surface area contributed by atoms with E-state index in [2.05, 4.69) is 27.7 Å². The van der Waals surface area contributed by atoms with Crippen LogP contribution >= 0.6 is 46.4 Å². The van der Waals surface area contributed by atoms with Crippen LogP contribution in [0, 0.1) is 38.5 Å². The van der Waals surface area contributed by atoms with E-state index >= 15 is 0 Å². The van der Waals surface area contributed by atoms with Crippen molar-refractivity contribution in [3.63, 3.8) is 0 Å². The average Bonchev–Trinajstić information content (AvgIpc) is 2.95. The molecule has 0 aliphatic rings. The predicted octanol–water partition coefficient (Wildman–Crippen LogP) is 9.80. The fourth-order valence-electron chi connectivity index (χ4n) is 5.11. The number of hydrogen-bond donors (Lipinski definition) is 2. The lowest BCUT2D eigenvalue weighted by Crippen LogP contribution is -2.27. The minimum Gasteiger partial charge on any atom is -0.505 e. The molecule has 0 heterocycles. The molecule has 3 aromatic carbocycles. The van der Waals surface area contributed by atoms with E-state index in [1.807, 2.05) is 27.7 Å². The summed E-state index contributed by atoms with van der Waals surface area (Å²) in [6.45, 7) is 16.9. The van der Waals surface area contributed by atoms with E-state index in [9.17, 15) is 19.8 Å². The van der Waals surface area contributed by atoms with E-state index in [-0.39, 0.29) is 66.8 Å². The molecule has 0 aromatic heterocycles. The number of hydrogen-bond acceptors (Lipinski definition) is 6. The number of halogens is 4. The Morgan fingerprint density at radius 1 is 0.591 bits per heavy atom. The quantitative estimate of drug-likeness (QED) is 0.207. The first-order valence-electron chi connectivity index (χ1n) is 14.0. The van der Waals surface area contributed by atoms with Crippen molar-refractivity contribution in [2.75, 3.05) is 13.2 Å². The number of benzene rings is 3. The normalized spacial score (nSPS) is 11.9. The van der Waals surface area contributed by atoms with Gasteiger partial charge in [-0.2, -0.15) is 0 Å². The van der Waals surface area contributed by atoms with Crippen molar-refractivity contribution in [2.45, 2.75) is 68.2 Å². The van der Waals surface area contributed by atoms with Crippen LogP contribution in [0.3, 0.4) is 0 Å². The lowest BCUT2D eigenvalue weighted by atomic mass is 9.76. The first-order chi connectivity index (χ1) is 20.2. The lowest BCUT2D eigenvalue weighted by molar-refractivity contribution is 0.0333. The first-order valence-corrected chi connectivity index (χ1v) is 15.5. The molecule has 0 fully saturated rings. The van der Waals surface area contributed by atoms with Gasteiger partial charge in [-0.05, 0) is 98.2 Å². The Hall–Kier alpha value is -2.64. The Labute approximate surface area is 279 Å². The number of carbonyl (C=O) groups is 2. The highest BCUT2D eigenvalue weighted by Gasteiger charge is 2.29. The van der Waals surface area contributed by atoms with Crippen molar-refractivity contribution in [3.8, 4) is 11.5 Å². The molecule has 6 nitrogen and oxygen atoms in total. The van der Waals surface area contributed by atoms with Gasteiger partial charge in [0.25, 0.3) is 0 Å². The van der Waals surface area contributed by atoms with Gasteiger partial charge in [0.15, 0.2) is 11.5 Å². The molecule has 0 saturated heterocycles. The summed E-state index contributed by atoms with van der Waals surface area (Å²) >= 11 is 23.9. The molecule has 2 N–H and O–H groups in total. The number of esters is 2. The molecule has 44 heavy (non-hydrogen) atoms. The topological polar surface area (TPSA) is 93.1 Å². The Morgan fingerprint density at radius 2 is 0.841 bits per heavy atom. The van der Waals surface area contributed by atoms with Gasteiger partial charge in [-0.25, -0.2) is 9.59 Å². The monoisotopic (exact) mass is 682 g/mol. The average molecular weight is 684 g/mol. The van der Waals surface area contributed by atoms with E-state index in [4.69, 9.17) is 55.9 Å². The first kappa shape index (κ1) is 35.8. The van der Waals surface area contributed by atoms with Crippen LogP contribution in [0.5, 0.6) is 11.5 Å². The molecule has 10 heteroatoms. The van der Waals surface area contributed by atoms with Crippen molar-refractivity contribution in [2.24, 2.45) is 10.8 Å². The van der Waals surface area contributed by atoms with Crippen molar-refractivity contribution in [1.82, 2.24) is 0 Å². The highest BCUT2D eigenvalue weighted by Crippen LogP contribution is 2.37. The molecular formula is C34H38Cl4O6. The zero-order valence-electron chi connectivity index (χ0n) is 26.2. The molecule has 0 atom stereocenters. The van der Waals surface area contributed by atoms with Crippen LogP contribution in [0.1, 0.15) is 81.8 Å². The van der Waals surface area contributed by atoms with Gasteiger partial charge in [0.05, 0.1) is 44.4 Å². The molecule has 0 aliphatic heterocycles. The molecule has 0 radical (unpaired) electrons. The Kier molecular flexibility index (Phi) is 11.2. The smallest absolute Gasteiger partial charge is 0.338 e. The van der Waals surface area contributed by atoms with E-state index < -0.39 is 11.9 Å². The molecule has 3 aromatic rings. The van der Waals surface area contributed by atoms with Crippen LogP contribution in [0.15, 0.2) is 24.3 Å². The summed E-state index contributed by atoms with van der Waals surface area (Å²) in [6, 6.07) is 5.33. The highest BCUT2D eigenvalue weighted by molar-refractivity contribution is 6.38. The Morgan fingerprint density at radius 3 is 1.09 bits per heavy atom. The van der Waals surface area contributed by atoms with Crippen molar-refractivity contribution < 1.29 is 29.3 Å². The second kappa shape index (κ2) is 13.8. The van der Waals surface area contributed by atoms with Crippen LogP contribution in [-0.4, -0.2) is 35.4 Å². The summed E-state index contributed by atoms with van der Waals surface area (Å²) < 4.78 is 11.3. The fraction of sp³-hybridized carbons (Fsp3) is 0.412. The van der Waals surface area contributed by atoms with E-state index in [0.29, 0.717) is 12.8 Å². The Balaban J connectivity index is 1.74. The minimum atomic E-state index is -0.572. The highest BCUT2D eigenvalue weighted by atomic mass is 35.5. The molecule has 0 amide bonds. The van der Waals surface area contributed by atoms with Crippen LogP contribution in [0.2, 0.25) is 20.1 Å². The number of aromatic hydroxyl groups is 2. The predicted molar refractivity (Wildman–Crippen MR) is 177 cm³/mol. The van der Waals surface area contributed by atoms with Gasteiger partial charge in [-0.3, -0.25) is 0 Å². The van der Waals surface area contributed by atoms with Crippen molar-refractivity contribution in [3.05, 3.63) is 88.9 Å². The molecule has 0 bridgehead atoms. The molecule has 0 saturated carbocycles. The summed E-state index contributed by atoms with van der Waals surface area (Å²) in [5, 5.41) is 19.5. The number of carbonyl (C=O) groups excluding carboxylic acids is 2. The summed E-state index contributed by atoms with van der Waals surface area (Å²) in [5.74, 6) is -1.70. The standard InChI is InChI=1S/C34H38Cl4O6/c1-17-18(2)24(14-34(7,8)16-44-32(42)22-11-27(37)30(40)28(38)12-22)20(4)19(3)23(17)13-33(5,6)15-43-31(41)21-9-25(35)29(39)26(36)10-21/h9-12,39-40H,13-16H2,1-8H3. The molecule has 0 aliphatic carbocycles. The largest absolute Gasteiger partial charge is 0.505 e. The van der Waals surface area contributed by atoms with Gasteiger partial charge in [0.2, 0.25) is 0 Å². The summed E-state index contributed by atoms with van der Waals surface area (Å²) in [6.07, 6.45) is 1.35. The lowest BCUT2D eigenvalue weighted by Gasteiger charge is -2.31. The number of rotatable bonds is 10. The fourth-order valence-corrected chi connectivity index (χ4v) is 6.09. The summed E-state index contributed by atoms with van der Waals surface area (Å²) in [7, 11) is 0. The van der Waals surface area contributed by atoms with Crippen LogP contribution < -0.4 is 0 Å². The summed E-state index contributed by atoms with van der Waals surface area (Å²) in [4.78, 5) is 25.4. The number of ether oxygens (including phenoxy) is 2. The second-order valence-corrected chi connectivity index (χ2v) is 14.5. The zero-order chi connectivity index (χ0) is 33.3. The van der Waals surface area contributed by atoms with Crippen molar-refractivity contribution >= 4 is 58.3 Å². The molecule has 3 rings (SSSR count). The van der Waals surface area contributed by atoms with Gasteiger partial charge in [-0.1, -0.05) is 74.1 Å². The Bertz CT molecular complexity index is 1420. The van der Waals surface area contributed by atoms with Gasteiger partial charge >= 0.3 is 11.9 Å². The van der Waals surface area contributed by atoms with Gasteiger partial charge in [0, 0.05) is 10.8 Å². The molecule has 238 valence electrons. The maximum absolute atomic E-state index is 12.7. The number of phenolic OH excluding ortho intramolecular Hbond substituents is 2. The second-order valence-electron chi connectivity index (χ2n) is 12.9. The third-order valence-corrected chi connectivity index (χ3v) is 9.09. The maximum atomic E-state index is 12.7. The van der Waals surface area contributed by atoms with E-state index in [1.165, 1.54) is 57.6 Å². The van der Waals surface area contributed by atoms with Crippen molar-refractivity contribution in [1.29, 1.82) is 0 Å². The maximum Gasteiger partial charge on any atom is 0.338 e. The third kappa shape index (κ3) is 8.33. The third-order valence-electron chi connectivity index (χ3n) is 7.94. The zero-order valence-corrected chi connectivity index (χ0v) is 29.2. The van der Waals surface area contributed by atoms with Gasteiger partial charge in [0.1, 0.15) is 0 Å².